The maximum atomic E-state index is 11.9. The van der Waals surface area contributed by atoms with Crippen LogP contribution in [-0.2, 0) is 20.8 Å². The van der Waals surface area contributed by atoms with Gasteiger partial charge in [0.05, 0.1) is 0 Å². The van der Waals surface area contributed by atoms with Gasteiger partial charge in [-0.25, -0.2) is 0 Å². The third-order valence-corrected chi connectivity index (χ3v) is 3.86. The number of benzene rings is 1. The number of hydrogen-bond acceptors (Lipinski definition) is 3. The van der Waals surface area contributed by atoms with Crippen molar-refractivity contribution in [1.29, 1.82) is 0 Å². The molecule has 3 amide bonds. The number of halogens is 1. The SMILES string of the molecule is Cc1ccc(CCC(=O)NC2CCC(=O)NC2=O)cc1Cl. The molecule has 0 aromatic heterocycles. The van der Waals surface area contributed by atoms with Crippen LogP contribution in [0.15, 0.2) is 18.2 Å². The van der Waals surface area contributed by atoms with E-state index in [0.717, 1.165) is 11.1 Å². The molecule has 6 heteroatoms. The van der Waals surface area contributed by atoms with Gasteiger partial charge in [-0.05, 0) is 37.0 Å². The molecular weight excluding hydrogens is 292 g/mol. The summed E-state index contributed by atoms with van der Waals surface area (Å²) in [4.78, 5) is 34.4. The molecular formula is C15H17ClN2O3. The normalized spacial score (nSPS) is 18.3. The molecule has 0 saturated carbocycles. The molecule has 5 nitrogen and oxygen atoms in total. The molecule has 2 N–H and O–H groups in total. The number of carbonyl (C=O) groups is 3. The number of piperidine rings is 1. The van der Waals surface area contributed by atoms with Crippen LogP contribution in [0.4, 0.5) is 0 Å². The Morgan fingerprint density at radius 1 is 1.43 bits per heavy atom. The van der Waals surface area contributed by atoms with Crippen LogP contribution in [0.5, 0.6) is 0 Å². The largest absolute Gasteiger partial charge is 0.344 e. The Balaban J connectivity index is 1.83. The molecule has 21 heavy (non-hydrogen) atoms. The van der Waals surface area contributed by atoms with Gasteiger partial charge in [0.2, 0.25) is 17.7 Å². The Labute approximate surface area is 128 Å². The molecule has 1 unspecified atom stereocenters. The van der Waals surface area contributed by atoms with Crippen LogP contribution < -0.4 is 10.6 Å². The molecule has 1 aromatic carbocycles. The van der Waals surface area contributed by atoms with Crippen molar-refractivity contribution >= 4 is 29.3 Å². The first-order chi connectivity index (χ1) is 9.95. The van der Waals surface area contributed by atoms with Gasteiger partial charge in [-0.2, -0.15) is 0 Å². The average molecular weight is 309 g/mol. The van der Waals surface area contributed by atoms with Crippen molar-refractivity contribution in [3.63, 3.8) is 0 Å². The fourth-order valence-electron chi connectivity index (χ4n) is 2.15. The molecule has 112 valence electrons. The Hall–Kier alpha value is -1.88. The maximum absolute atomic E-state index is 11.9. The van der Waals surface area contributed by atoms with Gasteiger partial charge in [0.1, 0.15) is 6.04 Å². The van der Waals surface area contributed by atoms with E-state index in [9.17, 15) is 14.4 Å². The fraction of sp³-hybridized carbons (Fsp3) is 0.400. The summed E-state index contributed by atoms with van der Waals surface area (Å²) in [5, 5.41) is 5.54. The van der Waals surface area contributed by atoms with E-state index in [1.54, 1.807) is 0 Å². The van der Waals surface area contributed by atoms with Crippen molar-refractivity contribution in [3.05, 3.63) is 34.3 Å². The van der Waals surface area contributed by atoms with E-state index in [-0.39, 0.29) is 24.7 Å². The number of amides is 3. The molecule has 0 aliphatic carbocycles. The van der Waals surface area contributed by atoms with Gasteiger partial charge in [0, 0.05) is 17.9 Å². The molecule has 1 heterocycles. The highest BCUT2D eigenvalue weighted by molar-refractivity contribution is 6.31. The molecule has 1 aliphatic rings. The lowest BCUT2D eigenvalue weighted by Gasteiger charge is -2.21. The van der Waals surface area contributed by atoms with Crippen LogP contribution >= 0.6 is 11.6 Å². The minimum atomic E-state index is -0.614. The van der Waals surface area contributed by atoms with Gasteiger partial charge < -0.3 is 5.32 Å². The van der Waals surface area contributed by atoms with Crippen molar-refractivity contribution in [2.75, 3.05) is 0 Å². The second kappa shape index (κ2) is 6.72. The molecule has 0 bridgehead atoms. The Bertz CT molecular complexity index is 586. The molecule has 1 fully saturated rings. The smallest absolute Gasteiger partial charge is 0.249 e. The number of nitrogens with one attached hydrogen (secondary N) is 2. The molecule has 1 aromatic rings. The number of aryl methyl sites for hydroxylation is 2. The molecule has 1 aliphatic heterocycles. The summed E-state index contributed by atoms with van der Waals surface area (Å²) in [5.41, 5.74) is 1.97. The minimum Gasteiger partial charge on any atom is -0.344 e. The van der Waals surface area contributed by atoms with E-state index in [1.165, 1.54) is 0 Å². The lowest BCUT2D eigenvalue weighted by atomic mass is 10.0. The fourth-order valence-corrected chi connectivity index (χ4v) is 2.35. The Morgan fingerprint density at radius 3 is 2.86 bits per heavy atom. The number of rotatable bonds is 4. The first-order valence-electron chi connectivity index (χ1n) is 6.84. The summed E-state index contributed by atoms with van der Waals surface area (Å²) in [6.45, 7) is 1.92. The average Bonchev–Trinajstić information content (AvgIpc) is 2.43. The highest BCUT2D eigenvalue weighted by Crippen LogP contribution is 2.17. The van der Waals surface area contributed by atoms with Crippen LogP contribution in [0.1, 0.15) is 30.4 Å². The number of imide groups is 1. The van der Waals surface area contributed by atoms with Gasteiger partial charge in [0.25, 0.3) is 0 Å². The second-order valence-electron chi connectivity index (χ2n) is 5.15. The van der Waals surface area contributed by atoms with Crippen LogP contribution in [-0.4, -0.2) is 23.8 Å². The highest BCUT2D eigenvalue weighted by atomic mass is 35.5. The van der Waals surface area contributed by atoms with Crippen molar-refractivity contribution in [2.24, 2.45) is 0 Å². The maximum Gasteiger partial charge on any atom is 0.249 e. The van der Waals surface area contributed by atoms with Crippen molar-refractivity contribution in [2.45, 2.75) is 38.6 Å². The topological polar surface area (TPSA) is 75.3 Å². The van der Waals surface area contributed by atoms with E-state index in [0.29, 0.717) is 17.9 Å². The first-order valence-corrected chi connectivity index (χ1v) is 7.21. The predicted octanol–water partition coefficient (Wildman–Crippen LogP) is 1.50. The highest BCUT2D eigenvalue weighted by Gasteiger charge is 2.27. The third-order valence-electron chi connectivity index (χ3n) is 3.45. The Kier molecular flexibility index (Phi) is 4.96. The lowest BCUT2D eigenvalue weighted by molar-refractivity contribution is -0.137. The molecule has 1 atom stereocenters. The molecule has 0 radical (unpaired) electrons. The molecule has 0 spiro atoms. The van der Waals surface area contributed by atoms with E-state index >= 15 is 0 Å². The summed E-state index contributed by atoms with van der Waals surface area (Å²) in [6.07, 6.45) is 1.44. The van der Waals surface area contributed by atoms with Gasteiger partial charge in [-0.15, -0.1) is 0 Å². The van der Waals surface area contributed by atoms with Gasteiger partial charge in [-0.1, -0.05) is 23.7 Å². The van der Waals surface area contributed by atoms with Crippen LogP contribution in [0, 0.1) is 6.92 Å². The van der Waals surface area contributed by atoms with Crippen molar-refractivity contribution in [3.8, 4) is 0 Å². The van der Waals surface area contributed by atoms with Crippen LogP contribution in [0.3, 0.4) is 0 Å². The third kappa shape index (κ3) is 4.29. The van der Waals surface area contributed by atoms with Gasteiger partial charge >= 0.3 is 0 Å². The van der Waals surface area contributed by atoms with E-state index < -0.39 is 11.9 Å². The zero-order chi connectivity index (χ0) is 15.4. The lowest BCUT2D eigenvalue weighted by Crippen LogP contribution is -2.52. The zero-order valence-electron chi connectivity index (χ0n) is 11.7. The van der Waals surface area contributed by atoms with E-state index in [1.807, 2.05) is 25.1 Å². The second-order valence-corrected chi connectivity index (χ2v) is 5.56. The summed E-state index contributed by atoms with van der Waals surface area (Å²) in [5.74, 6) is -0.932. The monoisotopic (exact) mass is 308 g/mol. The van der Waals surface area contributed by atoms with Gasteiger partial charge in [0.15, 0.2) is 0 Å². The minimum absolute atomic E-state index is 0.207. The summed E-state index contributed by atoms with van der Waals surface area (Å²) in [7, 11) is 0. The number of hydrogen-bond donors (Lipinski definition) is 2. The zero-order valence-corrected chi connectivity index (χ0v) is 12.5. The number of carbonyl (C=O) groups excluding carboxylic acids is 3. The summed E-state index contributed by atoms with van der Waals surface area (Å²) >= 11 is 6.03. The van der Waals surface area contributed by atoms with Crippen LogP contribution in [0.25, 0.3) is 0 Å². The van der Waals surface area contributed by atoms with Crippen molar-refractivity contribution < 1.29 is 14.4 Å². The van der Waals surface area contributed by atoms with E-state index in [4.69, 9.17) is 11.6 Å². The standard InChI is InChI=1S/C15H17ClN2O3/c1-9-2-3-10(8-11(9)16)4-6-13(19)17-12-5-7-14(20)18-15(12)21/h2-3,8,12H,4-7H2,1H3,(H,17,19)(H,18,20,21). The summed E-state index contributed by atoms with van der Waals surface area (Å²) in [6, 6.07) is 5.07. The van der Waals surface area contributed by atoms with Crippen molar-refractivity contribution in [1.82, 2.24) is 10.6 Å². The van der Waals surface area contributed by atoms with Gasteiger partial charge in [-0.3, -0.25) is 19.7 Å². The van der Waals surface area contributed by atoms with Crippen LogP contribution in [0.2, 0.25) is 5.02 Å². The predicted molar refractivity (Wildman–Crippen MR) is 78.8 cm³/mol. The van der Waals surface area contributed by atoms with E-state index in [2.05, 4.69) is 10.6 Å². The summed E-state index contributed by atoms with van der Waals surface area (Å²) < 4.78 is 0. The molecule has 2 rings (SSSR count). The quantitative estimate of drug-likeness (QED) is 0.828. The first kappa shape index (κ1) is 15.5. The Morgan fingerprint density at radius 2 is 2.19 bits per heavy atom. The molecule has 1 saturated heterocycles.